The van der Waals surface area contributed by atoms with Crippen LogP contribution in [-0.2, 0) is 6.42 Å². The molecule has 0 unspecified atom stereocenters. The zero-order valence-corrected chi connectivity index (χ0v) is 19.0. The molecule has 34 heavy (non-hydrogen) atoms. The molecule has 0 fully saturated rings. The third-order valence-corrected chi connectivity index (χ3v) is 5.73. The fraction of sp³-hybridized carbons (Fsp3) is 0.200. The fourth-order valence-electron chi connectivity index (χ4n) is 3.87. The minimum Gasteiger partial charge on any atom is -0.435 e. The fourth-order valence-corrected chi connectivity index (χ4v) is 3.87. The van der Waals surface area contributed by atoms with Crippen LogP contribution in [-0.4, -0.2) is 6.61 Å². The van der Waals surface area contributed by atoms with Crippen molar-refractivity contribution in [1.29, 1.82) is 0 Å². The molecule has 0 aliphatic heterocycles. The van der Waals surface area contributed by atoms with E-state index in [9.17, 15) is 8.78 Å². The molecule has 0 aromatic heterocycles. The van der Waals surface area contributed by atoms with Gasteiger partial charge in [0.25, 0.3) is 0 Å². The van der Waals surface area contributed by atoms with Gasteiger partial charge in [-0.3, -0.25) is 0 Å². The Morgan fingerprint density at radius 2 is 1.53 bits per heavy atom. The third-order valence-electron chi connectivity index (χ3n) is 5.73. The average Bonchev–Trinajstić information content (AvgIpc) is 2.85. The largest absolute Gasteiger partial charge is 0.435 e. The maximum absolute atomic E-state index is 15.1. The first kappa shape index (κ1) is 23.4. The lowest BCUT2D eigenvalue weighted by Gasteiger charge is -2.08. The second-order valence-corrected chi connectivity index (χ2v) is 8.17. The second kappa shape index (κ2) is 10.9. The molecule has 0 bridgehead atoms. The van der Waals surface area contributed by atoms with Crippen molar-refractivity contribution in [3.8, 4) is 28.7 Å². The maximum atomic E-state index is 15.1. The van der Waals surface area contributed by atoms with Gasteiger partial charge in [-0.2, -0.15) is 8.78 Å². The van der Waals surface area contributed by atoms with Gasteiger partial charge in [-0.1, -0.05) is 74.1 Å². The normalized spacial score (nSPS) is 10.9. The van der Waals surface area contributed by atoms with Crippen LogP contribution < -0.4 is 4.74 Å². The molecular weight excluding hydrogens is 433 g/mol. The van der Waals surface area contributed by atoms with E-state index in [0.717, 1.165) is 22.9 Å². The third kappa shape index (κ3) is 5.80. The molecule has 4 aromatic rings. The summed E-state index contributed by atoms with van der Waals surface area (Å²) in [7, 11) is 0. The number of alkyl halides is 2. The number of fused-ring (bicyclic) bond motifs is 1. The molecule has 1 nitrogen and oxygen atoms in total. The molecule has 0 radical (unpaired) electrons. The van der Waals surface area contributed by atoms with E-state index in [1.165, 1.54) is 37.0 Å². The molecule has 0 atom stereocenters. The summed E-state index contributed by atoms with van der Waals surface area (Å²) in [6.07, 6.45) is 4.75. The molecule has 0 saturated carbocycles. The molecule has 0 spiro atoms. The summed E-state index contributed by atoms with van der Waals surface area (Å²) in [5.41, 5.74) is 4.34. The number of benzene rings is 4. The van der Waals surface area contributed by atoms with Gasteiger partial charge in [-0.25, -0.2) is 4.39 Å². The van der Waals surface area contributed by atoms with E-state index >= 15 is 4.39 Å². The van der Waals surface area contributed by atoms with Crippen LogP contribution in [0.5, 0.6) is 5.75 Å². The Bertz CT molecular complexity index is 1310. The highest BCUT2D eigenvalue weighted by atomic mass is 19.3. The maximum Gasteiger partial charge on any atom is 0.387 e. The van der Waals surface area contributed by atoms with E-state index in [1.54, 1.807) is 24.3 Å². The topological polar surface area (TPSA) is 9.23 Å². The lowest BCUT2D eigenvalue weighted by Crippen LogP contribution is -2.01. The molecule has 0 heterocycles. The van der Waals surface area contributed by atoms with Crippen LogP contribution >= 0.6 is 0 Å². The van der Waals surface area contributed by atoms with Crippen LogP contribution in [0.1, 0.15) is 42.9 Å². The Balaban J connectivity index is 1.53. The Morgan fingerprint density at radius 1 is 0.794 bits per heavy atom. The summed E-state index contributed by atoms with van der Waals surface area (Å²) in [5.74, 6) is 5.40. The van der Waals surface area contributed by atoms with Crippen molar-refractivity contribution in [2.24, 2.45) is 0 Å². The molecule has 0 N–H and O–H groups in total. The van der Waals surface area contributed by atoms with Crippen molar-refractivity contribution in [3.63, 3.8) is 0 Å². The Hall–Kier alpha value is -3.71. The van der Waals surface area contributed by atoms with Gasteiger partial charge in [0, 0.05) is 10.9 Å². The summed E-state index contributed by atoms with van der Waals surface area (Å²) in [4.78, 5) is 0. The number of rotatable bonds is 7. The van der Waals surface area contributed by atoms with Crippen LogP contribution in [0.25, 0.3) is 21.9 Å². The van der Waals surface area contributed by atoms with E-state index in [2.05, 4.69) is 47.8 Å². The van der Waals surface area contributed by atoms with E-state index < -0.39 is 6.61 Å². The summed E-state index contributed by atoms with van der Waals surface area (Å²) < 4.78 is 44.0. The van der Waals surface area contributed by atoms with Gasteiger partial charge < -0.3 is 4.74 Å². The van der Waals surface area contributed by atoms with Crippen LogP contribution in [0, 0.1) is 17.7 Å². The molecule has 172 valence electrons. The highest BCUT2D eigenvalue weighted by molar-refractivity contribution is 5.89. The van der Waals surface area contributed by atoms with Crippen LogP contribution in [0.2, 0.25) is 0 Å². The molecular formula is C30H25F3O. The van der Waals surface area contributed by atoms with Crippen LogP contribution in [0.15, 0.2) is 78.9 Å². The quantitative estimate of drug-likeness (QED) is 0.200. The first-order valence-corrected chi connectivity index (χ1v) is 11.4. The minimum absolute atomic E-state index is 0.0550. The van der Waals surface area contributed by atoms with Crippen LogP contribution in [0.4, 0.5) is 13.2 Å². The van der Waals surface area contributed by atoms with Gasteiger partial charge in [-0.15, -0.1) is 0 Å². The number of halogens is 3. The second-order valence-electron chi connectivity index (χ2n) is 8.17. The van der Waals surface area contributed by atoms with Gasteiger partial charge in [0.1, 0.15) is 11.6 Å². The highest BCUT2D eigenvalue weighted by Crippen LogP contribution is 2.28. The van der Waals surface area contributed by atoms with Crippen molar-refractivity contribution < 1.29 is 17.9 Å². The summed E-state index contributed by atoms with van der Waals surface area (Å²) >= 11 is 0. The summed E-state index contributed by atoms with van der Waals surface area (Å²) in [5, 5.41) is 1.31. The Labute approximate surface area is 198 Å². The molecule has 0 amide bonds. The molecule has 4 aromatic carbocycles. The van der Waals surface area contributed by atoms with Crippen molar-refractivity contribution in [1.82, 2.24) is 0 Å². The number of hydrogen-bond donors (Lipinski definition) is 0. The molecule has 4 heteroatoms. The molecule has 0 aliphatic rings. The monoisotopic (exact) mass is 458 g/mol. The van der Waals surface area contributed by atoms with Gasteiger partial charge >= 0.3 is 6.61 Å². The standard InChI is InChI=1S/C30H25F3O/c1-2-3-4-5-21-6-11-23(12-7-21)25-16-19-28-26(20-25)15-14-24(29(28)31)13-8-22-9-17-27(18-10-22)34-30(32)33/h6-7,9-12,14-20,30H,2-5H2,1H3. The molecule has 0 saturated heterocycles. The first-order chi connectivity index (χ1) is 16.5. The summed E-state index contributed by atoms with van der Waals surface area (Å²) in [6.45, 7) is -0.671. The van der Waals surface area contributed by atoms with Gasteiger partial charge in [0.15, 0.2) is 0 Å². The van der Waals surface area contributed by atoms with Gasteiger partial charge in [0.05, 0.1) is 5.56 Å². The van der Waals surface area contributed by atoms with E-state index in [4.69, 9.17) is 0 Å². The SMILES string of the molecule is CCCCCc1ccc(-c2ccc3c(F)c(C#Cc4ccc(OC(F)F)cc4)ccc3c2)cc1. The summed E-state index contributed by atoms with van der Waals surface area (Å²) in [6, 6.07) is 23.8. The predicted molar refractivity (Wildman–Crippen MR) is 132 cm³/mol. The van der Waals surface area contributed by atoms with E-state index in [0.29, 0.717) is 10.9 Å². The van der Waals surface area contributed by atoms with Gasteiger partial charge in [-0.05, 0) is 71.3 Å². The zero-order valence-electron chi connectivity index (χ0n) is 19.0. The van der Waals surface area contributed by atoms with Crippen molar-refractivity contribution in [2.75, 3.05) is 0 Å². The highest BCUT2D eigenvalue weighted by Gasteiger charge is 2.08. The van der Waals surface area contributed by atoms with E-state index in [-0.39, 0.29) is 17.1 Å². The molecule has 0 aliphatic carbocycles. The Morgan fingerprint density at radius 3 is 2.24 bits per heavy atom. The number of unbranched alkanes of at least 4 members (excludes halogenated alkanes) is 2. The van der Waals surface area contributed by atoms with E-state index in [1.807, 2.05) is 18.2 Å². The number of ether oxygens (including phenoxy) is 1. The van der Waals surface area contributed by atoms with Crippen molar-refractivity contribution >= 4 is 10.8 Å². The minimum atomic E-state index is -2.88. The van der Waals surface area contributed by atoms with Crippen molar-refractivity contribution in [2.45, 2.75) is 39.2 Å². The first-order valence-electron chi connectivity index (χ1n) is 11.4. The van der Waals surface area contributed by atoms with Crippen molar-refractivity contribution in [3.05, 3.63) is 101 Å². The lowest BCUT2D eigenvalue weighted by atomic mass is 9.98. The molecule has 4 rings (SSSR count). The average molecular weight is 459 g/mol. The Kier molecular flexibility index (Phi) is 7.54. The van der Waals surface area contributed by atoms with Gasteiger partial charge in [0.2, 0.25) is 0 Å². The predicted octanol–water partition coefficient (Wildman–Crippen LogP) is 8.38. The zero-order chi connectivity index (χ0) is 23.9. The number of hydrogen-bond acceptors (Lipinski definition) is 1. The van der Waals surface area contributed by atoms with Crippen LogP contribution in [0.3, 0.4) is 0 Å². The number of aryl methyl sites for hydroxylation is 1. The lowest BCUT2D eigenvalue weighted by molar-refractivity contribution is -0.0498. The smallest absolute Gasteiger partial charge is 0.387 e.